The monoisotopic (exact) mass is 312 g/mol. The van der Waals surface area contributed by atoms with Gasteiger partial charge in [-0.1, -0.05) is 87.5 Å². The van der Waals surface area contributed by atoms with Crippen molar-refractivity contribution in [1.82, 2.24) is 0 Å². The maximum Gasteiger partial charge on any atom is -0.00139 e. The van der Waals surface area contributed by atoms with Crippen molar-refractivity contribution in [2.45, 2.75) is 39.0 Å². The second kappa shape index (κ2) is 5.63. The lowest BCUT2D eigenvalue weighted by Gasteiger charge is -2.27. The van der Waals surface area contributed by atoms with Gasteiger partial charge in [0.1, 0.15) is 0 Å². The molecule has 0 aliphatic heterocycles. The maximum atomic E-state index is 2.30. The molecule has 0 heteroatoms. The van der Waals surface area contributed by atoms with Gasteiger partial charge >= 0.3 is 0 Å². The van der Waals surface area contributed by atoms with Crippen LogP contribution in [0.1, 0.15) is 48.6 Å². The lowest BCUT2D eigenvalue weighted by molar-refractivity contribution is 0.592. The molecule has 0 nitrogen and oxygen atoms in total. The van der Waals surface area contributed by atoms with Crippen LogP contribution in [0, 0.1) is 0 Å². The van der Waals surface area contributed by atoms with E-state index in [0.29, 0.717) is 0 Å². The largest absolute Gasteiger partial charge is 0.0620 e. The molecular formula is C24H24. The third-order valence-corrected chi connectivity index (χ3v) is 5.16. The van der Waals surface area contributed by atoms with Crippen molar-refractivity contribution in [3.63, 3.8) is 0 Å². The lowest BCUT2D eigenvalue weighted by atomic mass is 9.77. The van der Waals surface area contributed by atoms with Crippen molar-refractivity contribution >= 4 is 0 Å². The van der Waals surface area contributed by atoms with E-state index in [0.717, 1.165) is 12.8 Å². The molecule has 0 saturated carbocycles. The molecule has 0 heterocycles. The van der Waals surface area contributed by atoms with Gasteiger partial charge in [-0.05, 0) is 57.2 Å². The topological polar surface area (TPSA) is 0 Å². The average Bonchev–Trinajstić information content (AvgIpc) is 2.58. The van der Waals surface area contributed by atoms with E-state index in [4.69, 9.17) is 0 Å². The summed E-state index contributed by atoms with van der Waals surface area (Å²) in [6.07, 6.45) is 2.09. The summed E-state index contributed by atoms with van der Waals surface area (Å²) < 4.78 is 0. The Bertz CT molecular complexity index is 894. The molecule has 0 bridgehead atoms. The second-order valence-electron chi connectivity index (χ2n) is 7.86. The van der Waals surface area contributed by atoms with Gasteiger partial charge in [-0.25, -0.2) is 0 Å². The van der Waals surface area contributed by atoms with Crippen LogP contribution < -0.4 is 0 Å². The predicted molar refractivity (Wildman–Crippen MR) is 103 cm³/mol. The van der Waals surface area contributed by atoms with Gasteiger partial charge < -0.3 is 0 Å². The van der Waals surface area contributed by atoms with Crippen molar-refractivity contribution in [3.8, 4) is 11.1 Å². The molecule has 0 N–H and O–H groups in total. The van der Waals surface area contributed by atoms with Crippen LogP contribution in [0.2, 0.25) is 0 Å². The zero-order valence-electron chi connectivity index (χ0n) is 14.8. The summed E-state index contributed by atoms with van der Waals surface area (Å²) >= 11 is 0. The van der Waals surface area contributed by atoms with Crippen molar-refractivity contribution in [1.29, 1.82) is 0 Å². The zero-order valence-corrected chi connectivity index (χ0v) is 14.8. The first-order chi connectivity index (χ1) is 11.5. The van der Waals surface area contributed by atoms with Gasteiger partial charge in [0.2, 0.25) is 0 Å². The van der Waals surface area contributed by atoms with Gasteiger partial charge in [-0.2, -0.15) is 0 Å². The highest BCUT2D eigenvalue weighted by Gasteiger charge is 2.22. The van der Waals surface area contributed by atoms with E-state index < -0.39 is 0 Å². The molecule has 0 fully saturated rings. The SMILES string of the molecule is CC(C)(C)c1ccccc1-c1cccc2c1Cc1ccccc1C2. The highest BCUT2D eigenvalue weighted by molar-refractivity contribution is 5.74. The Hall–Kier alpha value is -2.34. The fourth-order valence-electron chi connectivity index (χ4n) is 3.93. The average molecular weight is 312 g/mol. The van der Waals surface area contributed by atoms with Gasteiger partial charge in [-0.15, -0.1) is 0 Å². The predicted octanol–water partition coefficient (Wildman–Crippen LogP) is 6.15. The molecule has 0 atom stereocenters. The molecule has 0 saturated heterocycles. The van der Waals surface area contributed by atoms with E-state index in [9.17, 15) is 0 Å². The fraction of sp³-hybridized carbons (Fsp3) is 0.250. The molecule has 0 spiro atoms. The first-order valence-electron chi connectivity index (χ1n) is 8.81. The molecule has 3 aromatic carbocycles. The molecule has 0 aromatic heterocycles. The van der Waals surface area contributed by atoms with Crippen molar-refractivity contribution in [3.05, 3.63) is 94.5 Å². The molecule has 3 aromatic rings. The summed E-state index contributed by atoms with van der Waals surface area (Å²) in [7, 11) is 0. The van der Waals surface area contributed by atoms with Gasteiger partial charge in [0.15, 0.2) is 0 Å². The van der Waals surface area contributed by atoms with Crippen LogP contribution in [0.3, 0.4) is 0 Å². The van der Waals surface area contributed by atoms with Crippen molar-refractivity contribution in [2.24, 2.45) is 0 Å². The number of fused-ring (bicyclic) bond motifs is 2. The molecule has 0 unspecified atom stereocenters. The van der Waals surface area contributed by atoms with Gasteiger partial charge in [0.05, 0.1) is 0 Å². The quantitative estimate of drug-likeness (QED) is 0.395. The number of rotatable bonds is 1. The Morgan fingerprint density at radius 1 is 0.583 bits per heavy atom. The summed E-state index contributed by atoms with van der Waals surface area (Å²) in [4.78, 5) is 0. The van der Waals surface area contributed by atoms with E-state index in [2.05, 4.69) is 87.5 Å². The van der Waals surface area contributed by atoms with E-state index in [1.807, 2.05) is 0 Å². The maximum absolute atomic E-state index is 2.30. The Kier molecular flexibility index (Phi) is 3.57. The minimum Gasteiger partial charge on any atom is -0.0620 e. The van der Waals surface area contributed by atoms with E-state index >= 15 is 0 Å². The summed E-state index contributed by atoms with van der Waals surface area (Å²) in [5.74, 6) is 0. The molecule has 24 heavy (non-hydrogen) atoms. The Labute approximate surface area is 145 Å². The third-order valence-electron chi connectivity index (χ3n) is 5.16. The summed E-state index contributed by atoms with van der Waals surface area (Å²) in [5, 5.41) is 0. The Morgan fingerprint density at radius 2 is 1.17 bits per heavy atom. The van der Waals surface area contributed by atoms with Gasteiger partial charge in [0.25, 0.3) is 0 Å². The Morgan fingerprint density at radius 3 is 1.92 bits per heavy atom. The summed E-state index contributed by atoms with van der Waals surface area (Å²) in [6, 6.07) is 24.6. The Balaban J connectivity index is 1.89. The van der Waals surface area contributed by atoms with Crippen LogP contribution in [0.5, 0.6) is 0 Å². The highest BCUT2D eigenvalue weighted by atomic mass is 14.3. The lowest BCUT2D eigenvalue weighted by Crippen LogP contribution is -2.14. The molecule has 0 amide bonds. The number of hydrogen-bond acceptors (Lipinski definition) is 0. The molecule has 1 aliphatic rings. The smallest absolute Gasteiger partial charge is 0.00139 e. The van der Waals surface area contributed by atoms with Gasteiger partial charge in [-0.3, -0.25) is 0 Å². The summed E-state index contributed by atoms with van der Waals surface area (Å²) in [6.45, 7) is 6.91. The van der Waals surface area contributed by atoms with Crippen LogP contribution in [-0.2, 0) is 18.3 Å². The molecule has 120 valence electrons. The zero-order chi connectivity index (χ0) is 16.7. The molecule has 4 rings (SSSR count). The molecular weight excluding hydrogens is 288 g/mol. The van der Waals surface area contributed by atoms with Crippen LogP contribution in [0.25, 0.3) is 11.1 Å². The first-order valence-corrected chi connectivity index (χ1v) is 8.81. The minimum absolute atomic E-state index is 0.145. The van der Waals surface area contributed by atoms with E-state index in [1.165, 1.54) is 38.9 Å². The van der Waals surface area contributed by atoms with Crippen LogP contribution in [-0.4, -0.2) is 0 Å². The highest BCUT2D eigenvalue weighted by Crippen LogP contribution is 2.38. The normalized spacial score (nSPS) is 13.3. The second-order valence-corrected chi connectivity index (χ2v) is 7.86. The van der Waals surface area contributed by atoms with E-state index in [1.54, 1.807) is 0 Å². The van der Waals surface area contributed by atoms with Gasteiger partial charge in [0, 0.05) is 0 Å². The van der Waals surface area contributed by atoms with Crippen LogP contribution >= 0.6 is 0 Å². The van der Waals surface area contributed by atoms with Crippen LogP contribution in [0.4, 0.5) is 0 Å². The van der Waals surface area contributed by atoms with Crippen molar-refractivity contribution in [2.75, 3.05) is 0 Å². The standard InChI is InChI=1S/C24H24/c1-24(2,3)23-14-7-6-12-21(23)20-13-8-11-19-15-17-9-4-5-10-18(17)16-22(19)20/h4-14H,15-16H2,1-3H3. The van der Waals surface area contributed by atoms with E-state index in [-0.39, 0.29) is 5.41 Å². The third kappa shape index (κ3) is 2.57. The summed E-state index contributed by atoms with van der Waals surface area (Å²) in [5.41, 5.74) is 10.3. The van der Waals surface area contributed by atoms with Crippen molar-refractivity contribution < 1.29 is 0 Å². The first kappa shape index (κ1) is 15.2. The number of hydrogen-bond donors (Lipinski definition) is 0. The minimum atomic E-state index is 0.145. The molecule has 0 radical (unpaired) electrons. The fourth-order valence-corrected chi connectivity index (χ4v) is 3.93. The van der Waals surface area contributed by atoms with Crippen LogP contribution in [0.15, 0.2) is 66.7 Å². The molecule has 1 aliphatic carbocycles. The number of benzene rings is 3.